The summed E-state index contributed by atoms with van der Waals surface area (Å²) in [5, 5.41) is 12.1. The first kappa shape index (κ1) is 36.7. The van der Waals surface area contributed by atoms with Crippen LogP contribution in [0.25, 0.3) is 44.3 Å². The van der Waals surface area contributed by atoms with Crippen molar-refractivity contribution in [2.75, 3.05) is 0 Å². The van der Waals surface area contributed by atoms with Crippen molar-refractivity contribution in [3.63, 3.8) is 0 Å². The van der Waals surface area contributed by atoms with Crippen molar-refractivity contribution < 1.29 is 39.0 Å². The van der Waals surface area contributed by atoms with Crippen LogP contribution < -0.4 is 4.57 Å². The Balaban J connectivity index is 0.000000309. The quantitative estimate of drug-likeness (QED) is 0.0699. The second kappa shape index (κ2) is 16.2. The molecule has 6 heteroatoms. The molecular formula is C40H47IrN2O3-. The largest absolute Gasteiger partial charge is 0.512 e. The topological polar surface area (TPSA) is 67.2 Å². The molecule has 0 fully saturated rings. The van der Waals surface area contributed by atoms with E-state index in [1.807, 2.05) is 62.9 Å². The fourth-order valence-corrected chi connectivity index (χ4v) is 5.71. The second-order valence-corrected chi connectivity index (χ2v) is 12.7. The van der Waals surface area contributed by atoms with Gasteiger partial charge in [0.25, 0.3) is 0 Å². The van der Waals surface area contributed by atoms with E-state index in [0.717, 1.165) is 64.6 Å². The zero-order valence-electron chi connectivity index (χ0n) is 28.2. The number of aromatic nitrogens is 2. The number of furan rings is 1. The minimum Gasteiger partial charge on any atom is -0.512 e. The number of carbonyl (C=O) groups is 1. The van der Waals surface area contributed by atoms with Crippen molar-refractivity contribution >= 4 is 27.7 Å². The van der Waals surface area contributed by atoms with Gasteiger partial charge in [0.05, 0.1) is 18.2 Å². The van der Waals surface area contributed by atoms with Crippen LogP contribution in [0.2, 0.25) is 0 Å². The van der Waals surface area contributed by atoms with Crippen molar-refractivity contribution in [2.45, 2.75) is 79.6 Å². The number of allylic oxidation sites excluding steroid dienone is 2. The van der Waals surface area contributed by atoms with Gasteiger partial charge in [-0.3, -0.25) is 9.78 Å². The molecule has 0 atom stereocenters. The summed E-state index contributed by atoms with van der Waals surface area (Å²) in [4.78, 5) is 16.2. The van der Waals surface area contributed by atoms with Gasteiger partial charge in [-0.2, -0.15) is 0 Å². The number of ketones is 1. The monoisotopic (exact) mass is 796 g/mol. The van der Waals surface area contributed by atoms with Gasteiger partial charge in [-0.1, -0.05) is 77.6 Å². The van der Waals surface area contributed by atoms with Gasteiger partial charge in [0.15, 0.2) is 11.4 Å². The number of hydrogen-bond donors (Lipinski definition) is 1. The molecule has 0 aliphatic rings. The molecule has 0 saturated heterocycles. The molecule has 0 bridgehead atoms. The molecule has 5 aromatic rings. The van der Waals surface area contributed by atoms with Crippen molar-refractivity contribution in [3.8, 4) is 22.4 Å². The van der Waals surface area contributed by atoms with Crippen molar-refractivity contribution in [3.05, 3.63) is 104 Å². The molecule has 3 aromatic heterocycles. The van der Waals surface area contributed by atoms with Gasteiger partial charge in [-0.25, -0.2) is 0 Å². The van der Waals surface area contributed by atoms with Gasteiger partial charge in [-0.05, 0) is 54.9 Å². The van der Waals surface area contributed by atoms with Crippen molar-refractivity contribution in [1.82, 2.24) is 4.98 Å². The van der Waals surface area contributed by atoms with Crippen LogP contribution in [0.15, 0.2) is 89.5 Å². The molecule has 0 aliphatic carbocycles. The molecule has 0 amide bonds. The van der Waals surface area contributed by atoms with Crippen molar-refractivity contribution in [1.29, 1.82) is 0 Å². The summed E-state index contributed by atoms with van der Waals surface area (Å²) in [5.41, 5.74) is 7.07. The zero-order chi connectivity index (χ0) is 32.7. The maximum Gasteiger partial charge on any atom is 0.162 e. The Morgan fingerprint density at radius 1 is 0.978 bits per heavy atom. The molecule has 245 valence electrons. The first-order valence-electron chi connectivity index (χ1n) is 16.1. The Morgan fingerprint density at radius 2 is 1.65 bits per heavy atom. The Morgan fingerprint density at radius 3 is 2.30 bits per heavy atom. The maximum absolute atomic E-state index is 11.7. The molecule has 5 rings (SSSR count). The molecular weight excluding hydrogens is 749 g/mol. The Kier molecular flexibility index (Phi) is 12.9. The van der Waals surface area contributed by atoms with Crippen LogP contribution >= 0.6 is 0 Å². The van der Waals surface area contributed by atoms with Gasteiger partial charge in [0.1, 0.15) is 11.2 Å². The normalized spacial score (nSPS) is 11.9. The smallest absolute Gasteiger partial charge is 0.162 e. The van der Waals surface area contributed by atoms with E-state index in [2.05, 4.69) is 75.3 Å². The minimum absolute atomic E-state index is 0. The van der Waals surface area contributed by atoms with E-state index in [9.17, 15) is 9.90 Å². The third kappa shape index (κ3) is 8.54. The summed E-state index contributed by atoms with van der Waals surface area (Å²) >= 11 is 0. The van der Waals surface area contributed by atoms with E-state index >= 15 is 0 Å². The number of nitrogens with zero attached hydrogens (tertiary/aromatic N) is 2. The first-order valence-corrected chi connectivity index (χ1v) is 16.1. The summed E-state index contributed by atoms with van der Waals surface area (Å²) in [6, 6.07) is 22.4. The standard InChI is InChI=1S/C27H23N2O.C13H24O2.Ir/c1-27(2,3)23-14-20(13-19-7-5-6-8-22(19)23)25-15-18(9-11-29(25)4)21-16-26-24(28-17-21)10-12-30-26;1-5-10(6-2)12(14)9-13(15)11(7-3)8-4;/h5-12,14-17H,4H2,1-3H3;9-11,14H,5-8H2,1-4H3;/q-1;;/b;12-9-;. The predicted octanol–water partition coefficient (Wildman–Crippen LogP) is 10.2. The third-order valence-corrected chi connectivity index (χ3v) is 8.61. The number of pyridine rings is 2. The van der Waals surface area contributed by atoms with Crippen molar-refractivity contribution in [2.24, 2.45) is 11.8 Å². The molecule has 0 unspecified atom stereocenters. The second-order valence-electron chi connectivity index (χ2n) is 12.7. The Bertz CT molecular complexity index is 1790. The van der Waals surface area contributed by atoms with Gasteiger partial charge >= 0.3 is 0 Å². The summed E-state index contributed by atoms with van der Waals surface area (Å²) in [6.45, 7) is 14.8. The van der Waals surface area contributed by atoms with Crippen LogP contribution in [-0.2, 0) is 30.3 Å². The van der Waals surface area contributed by atoms with Crippen LogP contribution in [0, 0.1) is 24.9 Å². The number of benzene rings is 2. The number of carbonyl (C=O) groups excluding carboxylic acids is 1. The van der Waals surface area contributed by atoms with Crippen LogP contribution in [0.1, 0.15) is 79.7 Å². The van der Waals surface area contributed by atoms with E-state index < -0.39 is 0 Å². The molecule has 1 N–H and O–H groups in total. The molecule has 5 nitrogen and oxygen atoms in total. The summed E-state index contributed by atoms with van der Waals surface area (Å²) in [6.07, 6.45) is 10.4. The average molecular weight is 796 g/mol. The first-order chi connectivity index (χ1) is 21.5. The predicted molar refractivity (Wildman–Crippen MR) is 185 cm³/mol. The molecule has 0 spiro atoms. The molecule has 46 heavy (non-hydrogen) atoms. The average Bonchev–Trinajstić information content (AvgIpc) is 3.50. The number of hydrogen-bond acceptors (Lipinski definition) is 4. The number of fused-ring (bicyclic) bond motifs is 2. The third-order valence-electron chi connectivity index (χ3n) is 8.61. The van der Waals surface area contributed by atoms with Crippen LogP contribution in [0.4, 0.5) is 0 Å². The van der Waals surface area contributed by atoms with Crippen LogP contribution in [0.3, 0.4) is 0 Å². The molecule has 3 heterocycles. The Labute approximate surface area is 288 Å². The van der Waals surface area contributed by atoms with Crippen LogP contribution in [-0.4, -0.2) is 15.9 Å². The summed E-state index contributed by atoms with van der Waals surface area (Å²) < 4.78 is 7.43. The Hall–Kier alpha value is -3.73. The molecule has 0 aliphatic heterocycles. The summed E-state index contributed by atoms with van der Waals surface area (Å²) in [7, 11) is 4.21. The number of aliphatic hydroxyl groups excluding tert-OH is 1. The van der Waals surface area contributed by atoms with E-state index in [1.54, 1.807) is 6.26 Å². The van der Waals surface area contributed by atoms with E-state index in [1.165, 1.54) is 17.0 Å². The minimum atomic E-state index is 0. The van der Waals surface area contributed by atoms with E-state index in [0.29, 0.717) is 0 Å². The molecule has 1 radical (unpaired) electrons. The maximum atomic E-state index is 11.7. The SMILES string of the molecule is CCC(CC)C(=O)/C=C(\O)C(CC)CC.[CH2-][n+]1ccc(-c2cnc3ccoc3c2)cc1-c1[c-]c2ccccc2c(C(C)(C)C)c1.[Ir]. The van der Waals surface area contributed by atoms with E-state index in [-0.39, 0.29) is 48.9 Å². The fraction of sp³-hybridized carbons (Fsp3) is 0.350. The number of rotatable bonds is 9. The summed E-state index contributed by atoms with van der Waals surface area (Å²) in [5.74, 6) is 0.547. The van der Waals surface area contributed by atoms with Gasteiger partial charge in [-0.15, -0.1) is 29.1 Å². The molecule has 2 aromatic carbocycles. The van der Waals surface area contributed by atoms with Gasteiger partial charge < -0.3 is 14.1 Å². The number of aliphatic hydroxyl groups is 1. The van der Waals surface area contributed by atoms with Crippen LogP contribution in [0.5, 0.6) is 0 Å². The van der Waals surface area contributed by atoms with E-state index in [4.69, 9.17) is 4.42 Å². The zero-order valence-corrected chi connectivity index (χ0v) is 30.6. The van der Waals surface area contributed by atoms with Gasteiger partial charge in [0.2, 0.25) is 0 Å². The molecule has 0 saturated carbocycles. The van der Waals surface area contributed by atoms with Gasteiger partial charge in [0, 0.05) is 62.9 Å². The fourth-order valence-electron chi connectivity index (χ4n) is 5.71.